The monoisotopic (exact) mass is 336 g/mol. The van der Waals surface area contributed by atoms with Crippen LogP contribution in [0.25, 0.3) is 0 Å². The fourth-order valence-corrected chi connectivity index (χ4v) is 6.50. The van der Waals surface area contributed by atoms with E-state index in [0.29, 0.717) is 32.1 Å². The van der Waals surface area contributed by atoms with Gasteiger partial charge in [0.05, 0.1) is 10.8 Å². The molecule has 4 aliphatic carbocycles. The maximum atomic E-state index is 12.0. The van der Waals surface area contributed by atoms with Crippen molar-refractivity contribution in [1.82, 2.24) is 0 Å². The molecular formula is C18H24O6. The highest BCUT2D eigenvalue weighted by Gasteiger charge is 2.71. The molecular weight excluding hydrogens is 312 g/mol. The standard InChI is InChI=1S/C18H24O6/c1-11(12(19)20)3-4-16-5-15(2)6-17(8-16,13(21)22)10-18(7-15,9-16)14(23)24/h3H,4-10H2,1-2H3,(H,19,20)(H,21,22)(H,23,24). The Morgan fingerprint density at radius 3 is 1.79 bits per heavy atom. The van der Waals surface area contributed by atoms with Crippen LogP contribution in [0, 0.1) is 21.7 Å². The summed E-state index contributed by atoms with van der Waals surface area (Å²) in [5.41, 5.74) is -2.50. The Kier molecular flexibility index (Phi) is 3.42. The van der Waals surface area contributed by atoms with E-state index in [4.69, 9.17) is 5.11 Å². The summed E-state index contributed by atoms with van der Waals surface area (Å²) >= 11 is 0. The molecule has 4 aliphatic rings. The minimum absolute atomic E-state index is 0.198. The zero-order valence-electron chi connectivity index (χ0n) is 14.1. The zero-order valence-corrected chi connectivity index (χ0v) is 14.1. The van der Waals surface area contributed by atoms with Crippen LogP contribution in [0.5, 0.6) is 0 Å². The number of rotatable bonds is 5. The molecule has 4 fully saturated rings. The van der Waals surface area contributed by atoms with E-state index in [1.807, 2.05) is 6.92 Å². The highest BCUT2D eigenvalue weighted by molar-refractivity contribution is 5.85. The molecule has 0 aromatic carbocycles. The van der Waals surface area contributed by atoms with E-state index >= 15 is 0 Å². The van der Waals surface area contributed by atoms with Crippen LogP contribution in [0.15, 0.2) is 11.6 Å². The molecule has 0 aromatic rings. The largest absolute Gasteiger partial charge is 0.481 e. The predicted octanol–water partition coefficient (Wildman–Crippen LogP) is 2.92. The van der Waals surface area contributed by atoms with Crippen LogP contribution < -0.4 is 0 Å². The van der Waals surface area contributed by atoms with Crippen molar-refractivity contribution in [3.63, 3.8) is 0 Å². The molecule has 0 spiro atoms. The second kappa shape index (κ2) is 4.83. The minimum Gasteiger partial charge on any atom is -0.481 e. The summed E-state index contributed by atoms with van der Waals surface area (Å²) in [6, 6.07) is 0. The van der Waals surface area contributed by atoms with Gasteiger partial charge in [-0.15, -0.1) is 0 Å². The zero-order chi connectivity index (χ0) is 18.0. The highest BCUT2D eigenvalue weighted by Crippen LogP contribution is 2.74. The summed E-state index contributed by atoms with van der Waals surface area (Å²) in [5.74, 6) is -2.80. The smallest absolute Gasteiger partial charge is 0.330 e. The molecule has 24 heavy (non-hydrogen) atoms. The lowest BCUT2D eigenvalue weighted by Gasteiger charge is -2.67. The number of carbonyl (C=O) groups is 3. The van der Waals surface area contributed by atoms with E-state index in [-0.39, 0.29) is 17.4 Å². The number of hydrogen-bond donors (Lipinski definition) is 3. The lowest BCUT2D eigenvalue weighted by molar-refractivity contribution is -0.218. The van der Waals surface area contributed by atoms with E-state index < -0.39 is 34.2 Å². The number of hydrogen-bond acceptors (Lipinski definition) is 3. The van der Waals surface area contributed by atoms with Crippen LogP contribution in [0.2, 0.25) is 0 Å². The van der Waals surface area contributed by atoms with E-state index in [9.17, 15) is 24.6 Å². The van der Waals surface area contributed by atoms with Gasteiger partial charge in [0, 0.05) is 5.57 Å². The van der Waals surface area contributed by atoms with E-state index in [1.165, 1.54) is 6.92 Å². The van der Waals surface area contributed by atoms with Crippen LogP contribution in [0.3, 0.4) is 0 Å². The Morgan fingerprint density at radius 1 is 0.875 bits per heavy atom. The normalized spacial score (nSPS) is 43.7. The Morgan fingerprint density at radius 2 is 1.38 bits per heavy atom. The van der Waals surface area contributed by atoms with Gasteiger partial charge in [0.1, 0.15) is 0 Å². The van der Waals surface area contributed by atoms with Crippen LogP contribution in [-0.4, -0.2) is 33.2 Å². The molecule has 0 amide bonds. The first-order valence-corrected chi connectivity index (χ1v) is 8.33. The molecule has 2 atom stereocenters. The molecule has 3 N–H and O–H groups in total. The number of allylic oxidation sites excluding steroid dienone is 1. The lowest BCUT2D eigenvalue weighted by atomic mass is 9.35. The number of carboxylic acid groups (broad SMARTS) is 3. The molecule has 6 heteroatoms. The average molecular weight is 336 g/mol. The Hall–Kier alpha value is -1.85. The fraction of sp³-hybridized carbons (Fsp3) is 0.722. The van der Waals surface area contributed by atoms with Gasteiger partial charge in [0.15, 0.2) is 0 Å². The SMILES string of the molecule is CC(=CCC12CC3(C)CC(C(=O)O)(C1)CC(C(=O)O)(C3)C2)C(=O)O. The molecule has 132 valence electrons. The molecule has 4 bridgehead atoms. The van der Waals surface area contributed by atoms with Crippen molar-refractivity contribution in [3.8, 4) is 0 Å². The van der Waals surface area contributed by atoms with Gasteiger partial charge < -0.3 is 15.3 Å². The summed E-state index contributed by atoms with van der Waals surface area (Å²) in [5, 5.41) is 28.8. The predicted molar refractivity (Wildman–Crippen MR) is 84.4 cm³/mol. The van der Waals surface area contributed by atoms with Crippen molar-refractivity contribution in [1.29, 1.82) is 0 Å². The lowest BCUT2D eigenvalue weighted by Crippen LogP contribution is -2.64. The molecule has 0 saturated heterocycles. The molecule has 0 aliphatic heterocycles. The quantitative estimate of drug-likeness (QED) is 0.666. The van der Waals surface area contributed by atoms with Gasteiger partial charge in [-0.1, -0.05) is 13.0 Å². The molecule has 4 rings (SSSR count). The molecule has 0 aromatic heterocycles. The van der Waals surface area contributed by atoms with Gasteiger partial charge in [-0.05, 0) is 62.7 Å². The van der Waals surface area contributed by atoms with Gasteiger partial charge in [0.2, 0.25) is 0 Å². The summed E-state index contributed by atoms with van der Waals surface area (Å²) in [6.07, 6.45) is 4.99. The van der Waals surface area contributed by atoms with Gasteiger partial charge in [-0.25, -0.2) is 4.79 Å². The van der Waals surface area contributed by atoms with Gasteiger partial charge >= 0.3 is 17.9 Å². The van der Waals surface area contributed by atoms with Gasteiger partial charge in [0.25, 0.3) is 0 Å². The molecule has 0 heterocycles. The van der Waals surface area contributed by atoms with Gasteiger partial charge in [-0.3, -0.25) is 9.59 Å². The Labute approximate surface area is 140 Å². The molecule has 4 saturated carbocycles. The third-order valence-electron chi connectivity index (χ3n) is 6.52. The summed E-state index contributed by atoms with van der Waals surface area (Å²) in [4.78, 5) is 35.2. The first kappa shape index (κ1) is 17.0. The van der Waals surface area contributed by atoms with E-state index in [0.717, 1.165) is 6.42 Å². The third kappa shape index (κ3) is 2.34. The van der Waals surface area contributed by atoms with E-state index in [1.54, 1.807) is 6.08 Å². The van der Waals surface area contributed by atoms with Crippen molar-refractivity contribution >= 4 is 17.9 Å². The maximum absolute atomic E-state index is 12.0. The minimum atomic E-state index is -0.994. The van der Waals surface area contributed by atoms with E-state index in [2.05, 4.69) is 0 Å². The first-order chi connectivity index (χ1) is 11.0. The van der Waals surface area contributed by atoms with Crippen LogP contribution in [0.4, 0.5) is 0 Å². The molecule has 0 radical (unpaired) electrons. The van der Waals surface area contributed by atoms with Crippen LogP contribution in [-0.2, 0) is 14.4 Å². The van der Waals surface area contributed by atoms with Crippen molar-refractivity contribution in [3.05, 3.63) is 11.6 Å². The summed E-state index contributed by atoms with van der Waals surface area (Å²) in [7, 11) is 0. The maximum Gasteiger partial charge on any atom is 0.330 e. The Bertz CT molecular complexity index is 630. The van der Waals surface area contributed by atoms with Crippen molar-refractivity contribution in [2.24, 2.45) is 21.7 Å². The summed E-state index contributed by atoms with van der Waals surface area (Å²) < 4.78 is 0. The first-order valence-electron chi connectivity index (χ1n) is 8.33. The number of carboxylic acids is 3. The summed E-state index contributed by atoms with van der Waals surface area (Å²) in [6.45, 7) is 3.52. The topological polar surface area (TPSA) is 112 Å². The Balaban J connectivity index is 2.05. The average Bonchev–Trinajstić information content (AvgIpc) is 2.41. The van der Waals surface area contributed by atoms with Crippen LogP contribution in [0.1, 0.15) is 58.8 Å². The third-order valence-corrected chi connectivity index (χ3v) is 6.52. The van der Waals surface area contributed by atoms with Gasteiger partial charge in [-0.2, -0.15) is 0 Å². The highest BCUT2D eigenvalue weighted by atomic mass is 16.4. The molecule has 6 nitrogen and oxygen atoms in total. The van der Waals surface area contributed by atoms with Crippen LogP contribution >= 0.6 is 0 Å². The van der Waals surface area contributed by atoms with Crippen molar-refractivity contribution in [2.75, 3.05) is 0 Å². The van der Waals surface area contributed by atoms with Crippen molar-refractivity contribution in [2.45, 2.75) is 58.8 Å². The second-order valence-corrected chi connectivity index (χ2v) is 8.94. The fourth-order valence-electron chi connectivity index (χ4n) is 6.50. The van der Waals surface area contributed by atoms with Crippen molar-refractivity contribution < 1.29 is 29.7 Å². The number of aliphatic carboxylic acids is 3. The molecule has 2 unspecified atom stereocenters. The second-order valence-electron chi connectivity index (χ2n) is 8.94.